The van der Waals surface area contributed by atoms with Gasteiger partial charge in [0.1, 0.15) is 19.3 Å². The number of carbonyl (C=O) groups excluding carboxylic acids is 4. The number of ether oxygens (including phenoxy) is 4. The molecular weight excluding hydrogens is 1450 g/mol. The Morgan fingerprint density at radius 1 is 0.214 bits per heavy atom. The minimum Gasteiger partial charge on any atom is -0.462 e. The van der Waals surface area contributed by atoms with E-state index >= 15 is 0 Å². The van der Waals surface area contributed by atoms with Gasteiger partial charge in [-0.2, -0.15) is 0 Å². The molecule has 0 aliphatic heterocycles. The van der Waals surface area contributed by atoms with Crippen molar-refractivity contribution in [2.24, 2.45) is 0 Å². The highest BCUT2D eigenvalue weighted by molar-refractivity contribution is 7.47. The zero-order chi connectivity index (χ0) is 81.7. The number of hydrogen-bond acceptors (Lipinski definition) is 15. The van der Waals surface area contributed by atoms with E-state index in [9.17, 15) is 43.2 Å². The molecule has 0 bridgehead atoms. The van der Waals surface area contributed by atoms with Crippen molar-refractivity contribution in [2.75, 3.05) is 39.6 Å². The molecule has 5 atom stereocenters. The summed E-state index contributed by atoms with van der Waals surface area (Å²) < 4.78 is 69.1. The fourth-order valence-corrected chi connectivity index (χ4v) is 16.3. The maximum Gasteiger partial charge on any atom is 0.472 e. The molecule has 0 heterocycles. The van der Waals surface area contributed by atoms with E-state index in [1.54, 1.807) is 0 Å². The van der Waals surface area contributed by atoms with Crippen LogP contribution in [-0.2, 0) is 65.4 Å². The normalized spacial score (nSPS) is 13.6. The first kappa shape index (κ1) is 110. The Morgan fingerprint density at radius 2 is 0.357 bits per heavy atom. The second-order valence-corrected chi connectivity index (χ2v) is 36.3. The van der Waals surface area contributed by atoms with E-state index in [1.807, 2.05) is 0 Å². The van der Waals surface area contributed by atoms with Gasteiger partial charge in [0.05, 0.1) is 26.4 Å². The lowest BCUT2D eigenvalue weighted by Gasteiger charge is -2.21. The van der Waals surface area contributed by atoms with Crippen molar-refractivity contribution < 1.29 is 80.2 Å². The lowest BCUT2D eigenvalue weighted by atomic mass is 10.0. The molecule has 19 heteroatoms. The topological polar surface area (TPSA) is 237 Å². The predicted molar refractivity (Wildman–Crippen MR) is 465 cm³/mol. The minimum absolute atomic E-state index is 0.110. The zero-order valence-corrected chi connectivity index (χ0v) is 75.5. The molecule has 0 rings (SSSR count). The van der Waals surface area contributed by atoms with Crippen molar-refractivity contribution in [3.8, 4) is 0 Å². The van der Waals surface area contributed by atoms with Gasteiger partial charge in [-0.3, -0.25) is 37.3 Å². The molecular formula is C93H182O17P2. The Morgan fingerprint density at radius 3 is 0.527 bits per heavy atom. The molecule has 0 fully saturated rings. The summed E-state index contributed by atoms with van der Waals surface area (Å²) in [5, 5.41) is 10.7. The molecule has 112 heavy (non-hydrogen) atoms. The fraction of sp³-hybridized carbons (Fsp3) is 0.957. The molecule has 3 N–H and O–H groups in total. The van der Waals surface area contributed by atoms with Gasteiger partial charge in [-0.25, -0.2) is 9.13 Å². The number of esters is 4. The van der Waals surface area contributed by atoms with Gasteiger partial charge in [-0.1, -0.05) is 464 Å². The van der Waals surface area contributed by atoms with E-state index in [0.29, 0.717) is 25.7 Å². The zero-order valence-electron chi connectivity index (χ0n) is 73.7. The highest BCUT2D eigenvalue weighted by Crippen LogP contribution is 2.45. The quantitative estimate of drug-likeness (QED) is 0.0222. The Bertz CT molecular complexity index is 2100. The standard InChI is InChI=1S/C93H182O17P2/c1-5-9-13-17-21-25-29-33-36-39-41-43-45-47-49-52-56-60-64-68-72-76-80-93(98)110-89(84-104-91(96)78-74-70-66-62-58-54-51-48-46-44-42-40-37-34-30-26-22-18-14-10-6-2)86-108-112(101,102)106-82-87(94)81-105-111(99,100)107-85-88(83-103-90(95)77-73-69-65-61-57-53-32-28-24-20-16-12-8-4)109-92(97)79-75-71-67-63-59-55-50-38-35-31-27-23-19-15-11-7-3/h87-89,94H,5-86H2,1-4H3,(H,99,100)(H,101,102)/t87-,88+,89+/m0/s1. The summed E-state index contributed by atoms with van der Waals surface area (Å²) >= 11 is 0. The van der Waals surface area contributed by atoms with Gasteiger partial charge in [0, 0.05) is 25.7 Å². The molecule has 0 radical (unpaired) electrons. The molecule has 0 saturated heterocycles. The summed E-state index contributed by atoms with van der Waals surface area (Å²) in [6.45, 7) is 5.10. The number of rotatable bonds is 94. The van der Waals surface area contributed by atoms with Gasteiger partial charge < -0.3 is 33.8 Å². The lowest BCUT2D eigenvalue weighted by molar-refractivity contribution is -0.161. The molecule has 666 valence electrons. The third kappa shape index (κ3) is 85.9. The smallest absolute Gasteiger partial charge is 0.462 e. The van der Waals surface area contributed by atoms with Crippen LogP contribution in [0.15, 0.2) is 0 Å². The maximum atomic E-state index is 13.2. The van der Waals surface area contributed by atoms with E-state index in [0.717, 1.165) is 89.9 Å². The Hall–Kier alpha value is -1.94. The van der Waals surface area contributed by atoms with Gasteiger partial charge in [0.2, 0.25) is 0 Å². The van der Waals surface area contributed by atoms with Crippen molar-refractivity contribution in [3.63, 3.8) is 0 Å². The van der Waals surface area contributed by atoms with Crippen LogP contribution in [-0.4, -0.2) is 96.7 Å². The molecule has 0 saturated carbocycles. The highest BCUT2D eigenvalue weighted by Gasteiger charge is 2.31. The summed E-state index contributed by atoms with van der Waals surface area (Å²) in [5.74, 6) is -2.09. The Kier molecular flexibility index (Phi) is 85.4. The SMILES string of the molecule is CCCCCCCCCCCCCCCCCCCCCCCCC(=O)O[C@H](COC(=O)CCCCCCCCCCCCCCCCCCCCCCC)COP(=O)(O)OC[C@@H](O)COP(=O)(O)OC[C@@H](COC(=O)CCCCCCCCCCCCCCC)OC(=O)CCCCCCCCCCCCCCCCCC. The largest absolute Gasteiger partial charge is 0.472 e. The number of phosphoric acid groups is 2. The van der Waals surface area contributed by atoms with E-state index in [4.69, 9.17) is 37.0 Å². The van der Waals surface area contributed by atoms with Crippen LogP contribution < -0.4 is 0 Å². The number of aliphatic hydroxyl groups excluding tert-OH is 1. The van der Waals surface area contributed by atoms with E-state index in [1.165, 1.54) is 347 Å². The first-order valence-corrected chi connectivity index (χ1v) is 51.3. The number of unbranched alkanes of at least 4 members (excludes halogenated alkanes) is 68. The van der Waals surface area contributed by atoms with Crippen molar-refractivity contribution in [1.82, 2.24) is 0 Å². The van der Waals surface area contributed by atoms with E-state index in [-0.39, 0.29) is 25.7 Å². The van der Waals surface area contributed by atoms with Crippen LogP contribution in [0.1, 0.15) is 516 Å². The van der Waals surface area contributed by atoms with Gasteiger partial charge >= 0.3 is 39.5 Å². The number of aliphatic hydroxyl groups is 1. The number of phosphoric ester groups is 2. The van der Waals surface area contributed by atoms with Crippen molar-refractivity contribution >= 4 is 39.5 Å². The van der Waals surface area contributed by atoms with Gasteiger partial charge in [-0.05, 0) is 25.7 Å². The Labute approximate surface area is 689 Å². The fourth-order valence-electron chi connectivity index (χ4n) is 14.8. The lowest BCUT2D eigenvalue weighted by Crippen LogP contribution is -2.30. The Balaban J connectivity index is 5.24. The first-order valence-electron chi connectivity index (χ1n) is 48.3. The summed E-state index contributed by atoms with van der Waals surface area (Å²) in [7, 11) is -9.94. The van der Waals surface area contributed by atoms with Crippen LogP contribution >= 0.6 is 15.6 Å². The van der Waals surface area contributed by atoms with Crippen LogP contribution in [0.25, 0.3) is 0 Å². The molecule has 2 unspecified atom stereocenters. The summed E-state index contributed by atoms with van der Waals surface area (Å²) in [4.78, 5) is 73.5. The molecule has 17 nitrogen and oxygen atoms in total. The highest BCUT2D eigenvalue weighted by atomic mass is 31.2. The summed E-state index contributed by atoms with van der Waals surface area (Å²) in [5.41, 5.74) is 0. The third-order valence-corrected chi connectivity index (χ3v) is 24.0. The van der Waals surface area contributed by atoms with Crippen molar-refractivity contribution in [1.29, 1.82) is 0 Å². The maximum absolute atomic E-state index is 13.2. The van der Waals surface area contributed by atoms with Crippen LogP contribution in [0.5, 0.6) is 0 Å². The number of carbonyl (C=O) groups is 4. The molecule has 0 aromatic heterocycles. The second-order valence-electron chi connectivity index (χ2n) is 33.4. The van der Waals surface area contributed by atoms with Crippen LogP contribution in [0.4, 0.5) is 0 Å². The average molecular weight is 1630 g/mol. The van der Waals surface area contributed by atoms with Gasteiger partial charge in [0.25, 0.3) is 0 Å². The number of hydrogen-bond donors (Lipinski definition) is 3. The molecule has 0 aliphatic carbocycles. The van der Waals surface area contributed by atoms with Gasteiger partial charge in [-0.15, -0.1) is 0 Å². The second kappa shape index (κ2) is 86.9. The molecule has 0 aliphatic rings. The monoisotopic (exact) mass is 1630 g/mol. The molecule has 0 amide bonds. The van der Waals surface area contributed by atoms with Crippen molar-refractivity contribution in [2.45, 2.75) is 534 Å². The molecule has 0 spiro atoms. The van der Waals surface area contributed by atoms with Crippen LogP contribution in [0.3, 0.4) is 0 Å². The van der Waals surface area contributed by atoms with E-state index in [2.05, 4.69) is 27.7 Å². The van der Waals surface area contributed by atoms with Crippen LogP contribution in [0, 0.1) is 0 Å². The third-order valence-electron chi connectivity index (χ3n) is 22.1. The minimum atomic E-state index is -4.97. The van der Waals surface area contributed by atoms with Crippen molar-refractivity contribution in [3.05, 3.63) is 0 Å². The van der Waals surface area contributed by atoms with Crippen LogP contribution in [0.2, 0.25) is 0 Å². The summed E-state index contributed by atoms with van der Waals surface area (Å²) in [6, 6.07) is 0. The summed E-state index contributed by atoms with van der Waals surface area (Å²) in [6.07, 6.45) is 84.8. The van der Waals surface area contributed by atoms with Gasteiger partial charge in [0.15, 0.2) is 12.2 Å². The predicted octanol–water partition coefficient (Wildman–Crippen LogP) is 29.3. The first-order chi connectivity index (χ1) is 54.7. The van der Waals surface area contributed by atoms with E-state index < -0.39 is 97.5 Å². The molecule has 0 aromatic carbocycles. The molecule has 0 aromatic rings. The average Bonchev–Trinajstić information content (AvgIpc) is 0.908.